The second-order valence-corrected chi connectivity index (χ2v) is 9.09. The summed E-state index contributed by atoms with van der Waals surface area (Å²) < 4.78 is 2.19. The molecule has 0 fully saturated rings. The van der Waals surface area contributed by atoms with Crippen LogP contribution in [0.4, 0.5) is 0 Å². The van der Waals surface area contributed by atoms with E-state index in [2.05, 4.69) is 5.32 Å². The van der Waals surface area contributed by atoms with Crippen molar-refractivity contribution < 1.29 is 9.59 Å². The van der Waals surface area contributed by atoms with Gasteiger partial charge in [0.2, 0.25) is 5.91 Å². The van der Waals surface area contributed by atoms with E-state index in [9.17, 15) is 14.4 Å². The molecule has 0 bridgehead atoms. The number of hydrogen-bond acceptors (Lipinski definition) is 4. The lowest BCUT2D eigenvalue weighted by Crippen LogP contribution is -2.41. The fraction of sp³-hybridized carbons (Fsp3) is 0.240. The van der Waals surface area contributed by atoms with Crippen LogP contribution in [0.5, 0.6) is 0 Å². The molecule has 32 heavy (non-hydrogen) atoms. The van der Waals surface area contributed by atoms with Crippen molar-refractivity contribution >= 4 is 46.8 Å². The molecule has 1 atom stereocenters. The number of carbonyl (C=O) groups excluding carboxylic acids is 2. The zero-order valence-corrected chi connectivity index (χ0v) is 19.8. The predicted molar refractivity (Wildman–Crippen MR) is 131 cm³/mol. The largest absolute Gasteiger partial charge is 0.352 e. The molecule has 3 aromatic rings. The predicted octanol–water partition coefficient (Wildman–Crippen LogP) is 3.28. The molecule has 0 saturated carbocycles. The van der Waals surface area contributed by atoms with Gasteiger partial charge in [0.05, 0.1) is 9.55 Å². The molecule has 1 aromatic heterocycles. The van der Waals surface area contributed by atoms with Crippen LogP contribution in [0.2, 0.25) is 5.02 Å². The monoisotopic (exact) mass is 468 g/mol. The fourth-order valence-electron chi connectivity index (χ4n) is 3.02. The maximum atomic E-state index is 13.1. The second kappa shape index (κ2) is 10.6. The van der Waals surface area contributed by atoms with Gasteiger partial charge in [0.15, 0.2) is 5.78 Å². The quantitative estimate of drug-likeness (QED) is 0.541. The van der Waals surface area contributed by atoms with Crippen LogP contribution >= 0.6 is 22.9 Å². The molecular weight excluding hydrogens is 444 g/mol. The van der Waals surface area contributed by atoms with Gasteiger partial charge in [-0.25, -0.2) is 0 Å². The molecule has 0 radical (unpaired) electrons. The maximum absolute atomic E-state index is 13.1. The lowest BCUT2D eigenvalue weighted by Gasteiger charge is -2.11. The van der Waals surface area contributed by atoms with Gasteiger partial charge in [0.1, 0.15) is 11.2 Å². The normalized spacial score (nSPS) is 13.2. The van der Waals surface area contributed by atoms with Gasteiger partial charge < -0.3 is 5.32 Å². The number of amides is 1. The summed E-state index contributed by atoms with van der Waals surface area (Å²) >= 11 is 7.34. The number of aromatic nitrogens is 1. The van der Waals surface area contributed by atoms with Gasteiger partial charge in [-0.15, -0.1) is 11.3 Å². The minimum absolute atomic E-state index is 0.00684. The van der Waals surface area contributed by atoms with Gasteiger partial charge in [-0.05, 0) is 44.0 Å². The van der Waals surface area contributed by atoms with Crippen molar-refractivity contribution in [2.24, 2.45) is 0 Å². The highest BCUT2D eigenvalue weighted by atomic mass is 35.5. The van der Waals surface area contributed by atoms with Crippen molar-refractivity contribution in [3.8, 4) is 0 Å². The first-order valence-electron chi connectivity index (χ1n) is 10.4. The van der Waals surface area contributed by atoms with E-state index in [4.69, 9.17) is 11.6 Å². The molecule has 7 heteroatoms. The van der Waals surface area contributed by atoms with Crippen LogP contribution in [-0.2, 0) is 11.3 Å². The number of rotatable bonds is 7. The standard InChI is InChI=1S/C25H25ClN2O3S/c1-4-17(3)27-23(30)15-28-24(14-21(29)19-7-5-6-8-20(19)26)32-22(25(28)31)13-18-11-9-16(2)10-12-18/h5-14,17H,4,15H2,1-3H3,(H,27,30)/b22-13-,24-14+. The summed E-state index contributed by atoms with van der Waals surface area (Å²) in [6, 6.07) is 14.5. The van der Waals surface area contributed by atoms with Gasteiger partial charge in [0.25, 0.3) is 5.56 Å². The summed E-state index contributed by atoms with van der Waals surface area (Å²) in [4.78, 5) is 38.5. The third-order valence-electron chi connectivity index (χ3n) is 5.03. The second-order valence-electron chi connectivity index (χ2n) is 7.62. The fourth-order valence-corrected chi connectivity index (χ4v) is 4.29. The number of hydrogen-bond donors (Lipinski definition) is 1. The van der Waals surface area contributed by atoms with E-state index in [0.29, 0.717) is 19.8 Å². The molecular formula is C25H25ClN2O3S. The van der Waals surface area contributed by atoms with Gasteiger partial charge >= 0.3 is 0 Å². The molecule has 1 N–H and O–H groups in total. The molecule has 0 spiro atoms. The average Bonchev–Trinajstić information content (AvgIpc) is 3.04. The number of Topliss-reactive ketones (excluding diaryl/α,β-unsaturated/α-hetero) is 1. The lowest BCUT2D eigenvalue weighted by molar-refractivity contribution is -0.122. The summed E-state index contributed by atoms with van der Waals surface area (Å²) in [5.74, 6) is -0.601. The van der Waals surface area contributed by atoms with Gasteiger partial charge in [-0.1, -0.05) is 60.5 Å². The van der Waals surface area contributed by atoms with Crippen LogP contribution in [0.1, 0.15) is 41.8 Å². The van der Waals surface area contributed by atoms with E-state index in [0.717, 1.165) is 17.5 Å². The van der Waals surface area contributed by atoms with Crippen LogP contribution in [0.3, 0.4) is 0 Å². The Hall–Kier alpha value is -2.96. The van der Waals surface area contributed by atoms with Crippen molar-refractivity contribution in [3.05, 3.63) is 89.8 Å². The van der Waals surface area contributed by atoms with Crippen LogP contribution < -0.4 is 20.1 Å². The van der Waals surface area contributed by atoms with Crippen LogP contribution in [0.15, 0.2) is 53.3 Å². The Labute approximate surface area is 195 Å². The van der Waals surface area contributed by atoms with Gasteiger partial charge in [-0.3, -0.25) is 19.0 Å². The molecule has 1 amide bonds. The Morgan fingerprint density at radius 3 is 2.50 bits per heavy atom. The number of nitrogens with zero attached hydrogens (tertiary/aromatic N) is 1. The van der Waals surface area contributed by atoms with Crippen molar-refractivity contribution in [1.82, 2.24) is 9.88 Å². The highest BCUT2D eigenvalue weighted by Gasteiger charge is 2.13. The van der Waals surface area contributed by atoms with Crippen molar-refractivity contribution in [2.45, 2.75) is 39.8 Å². The molecule has 5 nitrogen and oxygen atoms in total. The number of halogens is 1. The molecule has 166 valence electrons. The minimum Gasteiger partial charge on any atom is -0.352 e. The molecule has 3 rings (SSSR count). The van der Waals surface area contributed by atoms with E-state index in [1.807, 2.05) is 45.0 Å². The Kier molecular flexibility index (Phi) is 7.83. The first-order chi connectivity index (χ1) is 15.3. The number of ketones is 1. The zero-order chi connectivity index (χ0) is 23.3. The van der Waals surface area contributed by atoms with Gasteiger partial charge in [-0.2, -0.15) is 0 Å². The highest BCUT2D eigenvalue weighted by molar-refractivity contribution is 7.07. The third kappa shape index (κ3) is 5.84. The maximum Gasteiger partial charge on any atom is 0.269 e. The molecule has 0 aliphatic rings. The Morgan fingerprint density at radius 1 is 1.16 bits per heavy atom. The lowest BCUT2D eigenvalue weighted by atomic mass is 10.1. The summed E-state index contributed by atoms with van der Waals surface area (Å²) in [6.45, 7) is 5.70. The number of thiazole rings is 1. The molecule has 1 heterocycles. The number of nitrogens with one attached hydrogen (secondary N) is 1. The summed E-state index contributed by atoms with van der Waals surface area (Å²) in [5.41, 5.74) is 2.02. The summed E-state index contributed by atoms with van der Waals surface area (Å²) in [5, 5.41) is 3.20. The van der Waals surface area contributed by atoms with Crippen molar-refractivity contribution in [1.29, 1.82) is 0 Å². The van der Waals surface area contributed by atoms with E-state index in [-0.39, 0.29) is 29.8 Å². The molecule has 1 unspecified atom stereocenters. The first-order valence-corrected chi connectivity index (χ1v) is 11.6. The third-order valence-corrected chi connectivity index (χ3v) is 6.42. The van der Waals surface area contributed by atoms with Crippen LogP contribution in [0.25, 0.3) is 12.2 Å². The Morgan fingerprint density at radius 2 is 1.84 bits per heavy atom. The summed E-state index contributed by atoms with van der Waals surface area (Å²) in [6.07, 6.45) is 3.92. The van der Waals surface area contributed by atoms with Crippen molar-refractivity contribution in [2.75, 3.05) is 0 Å². The van der Waals surface area contributed by atoms with Crippen LogP contribution in [0, 0.1) is 6.92 Å². The highest BCUT2D eigenvalue weighted by Crippen LogP contribution is 2.15. The van der Waals surface area contributed by atoms with Gasteiger partial charge in [0, 0.05) is 17.7 Å². The van der Waals surface area contributed by atoms with Crippen LogP contribution in [-0.4, -0.2) is 22.3 Å². The smallest absolute Gasteiger partial charge is 0.269 e. The topological polar surface area (TPSA) is 68.2 Å². The number of aryl methyl sites for hydroxylation is 1. The zero-order valence-electron chi connectivity index (χ0n) is 18.2. The summed E-state index contributed by atoms with van der Waals surface area (Å²) in [7, 11) is 0. The van der Waals surface area contributed by atoms with E-state index < -0.39 is 0 Å². The number of benzene rings is 2. The average molecular weight is 469 g/mol. The number of carbonyl (C=O) groups is 2. The molecule has 0 aliphatic carbocycles. The SMILES string of the molecule is CCC(C)NC(=O)Cn1c(=O)/c(=C/c2ccc(C)cc2)s/c1=C/C(=O)c1ccccc1Cl. The molecule has 0 saturated heterocycles. The van der Waals surface area contributed by atoms with E-state index in [1.54, 1.807) is 30.3 Å². The van der Waals surface area contributed by atoms with E-state index in [1.165, 1.54) is 22.0 Å². The molecule has 2 aromatic carbocycles. The molecule has 0 aliphatic heterocycles. The Balaban J connectivity index is 2.10. The van der Waals surface area contributed by atoms with Crippen molar-refractivity contribution in [3.63, 3.8) is 0 Å². The Bertz CT molecular complexity index is 1310. The first kappa shape index (κ1) is 23.7. The minimum atomic E-state index is -0.324. The van der Waals surface area contributed by atoms with E-state index >= 15 is 0 Å².